The number of hydrogen-bond acceptors (Lipinski definition) is 6. The molecule has 2 aliphatic heterocycles. The van der Waals surface area contributed by atoms with Crippen LogP contribution in [-0.2, 0) is 28.5 Å². The predicted molar refractivity (Wildman–Crippen MR) is 118 cm³/mol. The number of carbonyl (C=O) groups is 2. The fraction of sp³-hybridized carbons (Fsp3) is 0.818. The van der Waals surface area contributed by atoms with Crippen LogP contribution in [0.3, 0.4) is 0 Å². The lowest BCUT2D eigenvalue weighted by Gasteiger charge is -2.42. The Kier molecular flexibility index (Phi) is 8.82. The SMILES string of the molecule is C=C1C[C@@](OC)(C(=O)C(=O)N(COCC[Si](C)(C)C)[C@H]2CCCCO2)O[C@@H](C)[C@H]1C. The molecule has 2 saturated heterocycles. The van der Waals surface area contributed by atoms with E-state index in [2.05, 4.69) is 26.2 Å². The molecule has 30 heavy (non-hydrogen) atoms. The second-order valence-corrected chi connectivity index (χ2v) is 15.3. The molecule has 0 N–H and O–H groups in total. The smallest absolute Gasteiger partial charge is 0.299 e. The number of carbonyl (C=O) groups excluding carboxylic acids is 2. The third-order valence-electron chi connectivity index (χ3n) is 6.04. The van der Waals surface area contributed by atoms with Crippen molar-refractivity contribution in [2.75, 3.05) is 27.1 Å². The van der Waals surface area contributed by atoms with Gasteiger partial charge in [-0.3, -0.25) is 14.5 Å². The van der Waals surface area contributed by atoms with Crippen LogP contribution in [0.15, 0.2) is 12.2 Å². The van der Waals surface area contributed by atoms with Crippen LogP contribution >= 0.6 is 0 Å². The van der Waals surface area contributed by atoms with Gasteiger partial charge in [-0.25, -0.2) is 0 Å². The minimum absolute atomic E-state index is 0.0203. The van der Waals surface area contributed by atoms with Gasteiger partial charge in [0.15, 0.2) is 0 Å². The topological polar surface area (TPSA) is 74.3 Å². The van der Waals surface area contributed by atoms with Crippen molar-refractivity contribution in [1.82, 2.24) is 4.90 Å². The Hall–Kier alpha value is -1.06. The molecule has 0 saturated carbocycles. The van der Waals surface area contributed by atoms with Gasteiger partial charge in [-0.1, -0.05) is 38.7 Å². The minimum atomic E-state index is -1.65. The molecule has 2 fully saturated rings. The highest BCUT2D eigenvalue weighted by molar-refractivity contribution is 6.76. The van der Waals surface area contributed by atoms with Crippen LogP contribution in [0, 0.1) is 5.92 Å². The molecule has 2 rings (SSSR count). The Morgan fingerprint density at radius 2 is 1.97 bits per heavy atom. The Morgan fingerprint density at radius 1 is 1.27 bits per heavy atom. The first-order valence-corrected chi connectivity index (χ1v) is 14.7. The number of Topliss-reactive ketones (excluding diaryl/α,β-unsaturated/α-hetero) is 1. The van der Waals surface area contributed by atoms with Crippen molar-refractivity contribution in [1.29, 1.82) is 0 Å². The lowest BCUT2D eigenvalue weighted by Crippen LogP contribution is -2.58. The number of amides is 1. The summed E-state index contributed by atoms with van der Waals surface area (Å²) < 4.78 is 23.1. The summed E-state index contributed by atoms with van der Waals surface area (Å²) in [6.45, 7) is 15.9. The molecule has 0 aromatic carbocycles. The first kappa shape index (κ1) is 25.2. The van der Waals surface area contributed by atoms with E-state index in [1.807, 2.05) is 13.8 Å². The van der Waals surface area contributed by atoms with Crippen LogP contribution in [0.4, 0.5) is 0 Å². The van der Waals surface area contributed by atoms with E-state index in [0.717, 1.165) is 24.5 Å². The number of ether oxygens (including phenoxy) is 4. The van der Waals surface area contributed by atoms with Gasteiger partial charge in [0, 0.05) is 40.7 Å². The maximum Gasteiger partial charge on any atom is 0.299 e. The third-order valence-corrected chi connectivity index (χ3v) is 7.75. The van der Waals surface area contributed by atoms with Crippen molar-refractivity contribution >= 4 is 19.8 Å². The number of hydrogen-bond donors (Lipinski definition) is 0. The van der Waals surface area contributed by atoms with Gasteiger partial charge in [0.2, 0.25) is 5.79 Å². The fourth-order valence-electron chi connectivity index (χ4n) is 3.66. The van der Waals surface area contributed by atoms with E-state index < -0.39 is 31.8 Å². The van der Waals surface area contributed by atoms with Crippen LogP contribution in [-0.4, -0.2) is 69.8 Å². The normalized spacial score (nSPS) is 30.2. The molecule has 0 radical (unpaired) electrons. The zero-order valence-corrected chi connectivity index (χ0v) is 20.5. The predicted octanol–water partition coefficient (Wildman–Crippen LogP) is 3.57. The largest absolute Gasteiger partial charge is 0.361 e. The van der Waals surface area contributed by atoms with Gasteiger partial charge in [-0.15, -0.1) is 0 Å². The third kappa shape index (κ3) is 6.23. The maximum atomic E-state index is 13.3. The number of nitrogens with zero attached hydrogens (tertiary/aromatic N) is 1. The highest BCUT2D eigenvalue weighted by Crippen LogP contribution is 2.37. The standard InChI is InChI=1S/C22H39NO6Si/c1-16-14-22(26-4,29-18(3)17(16)2)20(24)21(25)23(19-10-8-9-11-28-19)15-27-12-13-30(5,6)7/h17-19H,1,8-15H2,2-7H3/t17-,18-,19+,22-/m0/s1. The molecule has 4 atom stereocenters. The van der Waals surface area contributed by atoms with Crippen molar-refractivity contribution < 1.29 is 28.5 Å². The lowest BCUT2D eigenvalue weighted by atomic mass is 9.86. The molecule has 0 aliphatic carbocycles. The fourth-order valence-corrected chi connectivity index (χ4v) is 4.42. The van der Waals surface area contributed by atoms with Crippen LogP contribution < -0.4 is 0 Å². The van der Waals surface area contributed by atoms with E-state index in [9.17, 15) is 9.59 Å². The summed E-state index contributed by atoms with van der Waals surface area (Å²) in [4.78, 5) is 28.1. The zero-order valence-electron chi connectivity index (χ0n) is 19.5. The van der Waals surface area contributed by atoms with Gasteiger partial charge in [-0.2, -0.15) is 0 Å². The van der Waals surface area contributed by atoms with Crippen molar-refractivity contribution in [3.8, 4) is 0 Å². The number of rotatable bonds is 9. The molecule has 2 heterocycles. The minimum Gasteiger partial charge on any atom is -0.361 e. The molecule has 8 heteroatoms. The van der Waals surface area contributed by atoms with Gasteiger partial charge < -0.3 is 18.9 Å². The first-order valence-electron chi connectivity index (χ1n) is 11.0. The van der Waals surface area contributed by atoms with Gasteiger partial charge in [0.1, 0.15) is 13.0 Å². The summed E-state index contributed by atoms with van der Waals surface area (Å²) in [6.07, 6.45) is 1.97. The van der Waals surface area contributed by atoms with Crippen molar-refractivity contribution in [3.05, 3.63) is 12.2 Å². The van der Waals surface area contributed by atoms with Crippen LogP contribution in [0.2, 0.25) is 25.7 Å². The van der Waals surface area contributed by atoms with E-state index in [0.29, 0.717) is 19.6 Å². The number of ketones is 1. The average Bonchev–Trinajstić information content (AvgIpc) is 2.70. The molecule has 0 spiro atoms. The summed E-state index contributed by atoms with van der Waals surface area (Å²) in [5.74, 6) is -2.98. The molecule has 0 unspecified atom stereocenters. The van der Waals surface area contributed by atoms with Gasteiger partial charge in [0.05, 0.1) is 6.10 Å². The van der Waals surface area contributed by atoms with E-state index in [1.54, 1.807) is 0 Å². The summed E-state index contributed by atoms with van der Waals surface area (Å²) in [5.41, 5.74) is 0.837. The molecule has 1 amide bonds. The lowest BCUT2D eigenvalue weighted by molar-refractivity contribution is -0.250. The average molecular weight is 442 g/mol. The second-order valence-electron chi connectivity index (χ2n) is 9.68. The molecule has 2 aliphatic rings. The van der Waals surface area contributed by atoms with Gasteiger partial charge >= 0.3 is 0 Å². The van der Waals surface area contributed by atoms with Crippen LogP contribution in [0.5, 0.6) is 0 Å². The molecular formula is C22H39NO6Si. The maximum absolute atomic E-state index is 13.3. The Bertz CT molecular complexity index is 628. The van der Waals surface area contributed by atoms with E-state index >= 15 is 0 Å². The summed E-state index contributed by atoms with van der Waals surface area (Å²) in [6, 6.07) is 0.981. The molecular weight excluding hydrogens is 402 g/mol. The van der Waals surface area contributed by atoms with Crippen LogP contribution in [0.1, 0.15) is 39.5 Å². The molecule has 172 valence electrons. The Morgan fingerprint density at radius 3 is 2.50 bits per heavy atom. The first-order chi connectivity index (χ1) is 14.0. The monoisotopic (exact) mass is 441 g/mol. The molecule has 0 aromatic rings. The van der Waals surface area contributed by atoms with Crippen molar-refractivity contribution in [2.24, 2.45) is 5.92 Å². The molecule has 0 aromatic heterocycles. The van der Waals surface area contributed by atoms with Crippen LogP contribution in [0.25, 0.3) is 0 Å². The Balaban J connectivity index is 2.16. The molecule has 0 bridgehead atoms. The zero-order chi connectivity index (χ0) is 22.5. The highest BCUT2D eigenvalue weighted by Gasteiger charge is 2.51. The number of methoxy groups -OCH3 is 1. The summed E-state index contributed by atoms with van der Waals surface area (Å²) >= 11 is 0. The quantitative estimate of drug-likeness (QED) is 0.179. The Labute approximate surface area is 182 Å². The summed E-state index contributed by atoms with van der Waals surface area (Å²) in [5, 5.41) is 0. The molecule has 7 nitrogen and oxygen atoms in total. The van der Waals surface area contributed by atoms with Gasteiger partial charge in [0.25, 0.3) is 11.7 Å². The van der Waals surface area contributed by atoms with Crippen molar-refractivity contribution in [2.45, 2.75) is 83.3 Å². The van der Waals surface area contributed by atoms with Gasteiger partial charge in [-0.05, 0) is 32.2 Å². The van der Waals surface area contributed by atoms with E-state index in [-0.39, 0.29) is 25.2 Å². The van der Waals surface area contributed by atoms with E-state index in [4.69, 9.17) is 18.9 Å². The second kappa shape index (κ2) is 10.5. The van der Waals surface area contributed by atoms with Crippen molar-refractivity contribution in [3.63, 3.8) is 0 Å². The van der Waals surface area contributed by atoms with E-state index in [1.165, 1.54) is 12.0 Å². The summed E-state index contributed by atoms with van der Waals surface area (Å²) in [7, 11) is 0.135. The highest BCUT2D eigenvalue weighted by atomic mass is 28.3.